The van der Waals surface area contributed by atoms with Gasteiger partial charge in [0.1, 0.15) is 0 Å². The Hall–Kier alpha value is 1.75. The molecule has 0 N–H and O–H groups in total. The maximum Gasteiger partial charge on any atom is 1.00 e. The minimum atomic E-state index is -3.33. The van der Waals surface area contributed by atoms with Crippen LogP contribution in [0, 0.1) is 40.9 Å². The zero-order valence-corrected chi connectivity index (χ0v) is 13.5. The van der Waals surface area contributed by atoms with Crippen LogP contribution in [0.3, 0.4) is 0 Å². The Balaban J connectivity index is -0.000000320. The second-order valence-electron chi connectivity index (χ2n) is 0.847. The number of hydrogen-bond acceptors (Lipinski definition) is 4. The molecular weight excluding hydrogens is 238 g/mol. The standard InChI is InChI=1S/4CN.Fe.2K/c4*1-2;;;/q;;;;-2;2*+1. The number of hydrogen-bond donors (Lipinski definition) is 0. The van der Waals surface area contributed by atoms with E-state index in [4.69, 9.17) is 21.0 Å². The fourth-order valence-electron chi connectivity index (χ4n) is 0.106. The Morgan fingerprint density at radius 1 is 0.636 bits per heavy atom. The van der Waals surface area contributed by atoms with Gasteiger partial charge in [-0.25, -0.2) is 0 Å². The van der Waals surface area contributed by atoms with Crippen molar-refractivity contribution in [3.63, 3.8) is 0 Å². The van der Waals surface area contributed by atoms with E-state index in [2.05, 4.69) is 0 Å². The third-order valence-electron chi connectivity index (χ3n) is 0.474. The average Bonchev–Trinajstić information content (AvgIpc) is 1.95. The summed E-state index contributed by atoms with van der Waals surface area (Å²) in [6.45, 7) is 0. The predicted molar refractivity (Wildman–Crippen MR) is 22.5 cm³/mol. The first kappa shape index (κ1) is 18.5. The first-order valence-electron chi connectivity index (χ1n) is 1.60. The molecule has 0 heterocycles. The van der Waals surface area contributed by atoms with E-state index in [0.29, 0.717) is 0 Å². The van der Waals surface area contributed by atoms with Crippen LogP contribution < -0.4 is 103 Å². The summed E-state index contributed by atoms with van der Waals surface area (Å²) in [6, 6.07) is 0. The largest absolute Gasteiger partial charge is 1.00 e. The summed E-state index contributed by atoms with van der Waals surface area (Å²) >= 11 is -3.33. The second kappa shape index (κ2) is 9.84. The summed E-state index contributed by atoms with van der Waals surface area (Å²) in [4.78, 5) is 5.62. The van der Waals surface area contributed by atoms with E-state index in [0.717, 1.165) is 0 Å². The quantitative estimate of drug-likeness (QED) is 0.392. The molecule has 0 aliphatic carbocycles. The summed E-state index contributed by atoms with van der Waals surface area (Å²) in [5, 5.41) is 32.5. The van der Waals surface area contributed by atoms with E-state index in [9.17, 15) is 0 Å². The van der Waals surface area contributed by atoms with E-state index in [1.165, 1.54) is 19.9 Å². The normalized spacial score (nSPS) is 7.64. The predicted octanol–water partition coefficient (Wildman–Crippen LogP) is -5.93. The fourth-order valence-corrected chi connectivity index (χ4v) is 0.437. The third-order valence-corrected chi connectivity index (χ3v) is 1.96. The SMILES string of the molecule is N#[C][Fe-2]([C]#N)([C]#N)[C]#N.[K+].[K+]. The van der Waals surface area contributed by atoms with Crippen molar-refractivity contribution in [1.82, 2.24) is 0 Å². The summed E-state index contributed by atoms with van der Waals surface area (Å²) in [5.74, 6) is 0. The molecule has 0 bridgehead atoms. The van der Waals surface area contributed by atoms with Crippen LogP contribution in [0.2, 0.25) is 0 Å². The van der Waals surface area contributed by atoms with Crippen molar-refractivity contribution in [2.75, 3.05) is 0 Å². The summed E-state index contributed by atoms with van der Waals surface area (Å²) in [5.41, 5.74) is 0. The molecule has 0 spiro atoms. The van der Waals surface area contributed by atoms with E-state index in [1.807, 2.05) is 0 Å². The molecule has 0 aliphatic rings. The molecule has 4 nitrogen and oxygen atoms in total. The van der Waals surface area contributed by atoms with Crippen molar-refractivity contribution in [1.29, 1.82) is 21.0 Å². The molecule has 46 valence electrons. The molecule has 11 heavy (non-hydrogen) atoms. The number of nitrogens with zero attached hydrogens (tertiary/aromatic N) is 4. The Labute approximate surface area is 152 Å². The molecule has 0 saturated heterocycles. The summed E-state index contributed by atoms with van der Waals surface area (Å²) in [7, 11) is 0. The van der Waals surface area contributed by atoms with Crippen molar-refractivity contribution < 1.29 is 116 Å². The molecule has 0 aromatic rings. The van der Waals surface area contributed by atoms with Gasteiger partial charge in [0.25, 0.3) is 0 Å². The molecular formula is C4FeK2N4. The molecule has 0 aromatic heterocycles. The van der Waals surface area contributed by atoms with Gasteiger partial charge >= 0.3 is 157 Å². The second-order valence-corrected chi connectivity index (χ2v) is 3.49. The van der Waals surface area contributed by atoms with Gasteiger partial charge in [0.2, 0.25) is 0 Å². The first-order chi connectivity index (χ1) is 4.24. The monoisotopic (exact) mass is 238 g/mol. The average molecular weight is 238 g/mol. The zero-order chi connectivity index (χ0) is 7.33. The van der Waals surface area contributed by atoms with Gasteiger partial charge in [-0.05, 0) is 0 Å². The number of rotatable bonds is 0. The van der Waals surface area contributed by atoms with Crippen LogP contribution in [0.15, 0.2) is 0 Å². The van der Waals surface area contributed by atoms with E-state index >= 15 is 0 Å². The van der Waals surface area contributed by atoms with Crippen LogP contribution in [0.1, 0.15) is 0 Å². The van der Waals surface area contributed by atoms with Gasteiger partial charge in [0.15, 0.2) is 0 Å². The molecule has 0 fully saturated rings. The van der Waals surface area contributed by atoms with Gasteiger partial charge in [-0.15, -0.1) is 0 Å². The minimum absolute atomic E-state index is 0. The molecule has 0 amide bonds. The van der Waals surface area contributed by atoms with Gasteiger partial charge in [0.05, 0.1) is 0 Å². The first-order valence-corrected chi connectivity index (χ1v) is 3.81. The van der Waals surface area contributed by atoms with Gasteiger partial charge in [-0.1, -0.05) is 0 Å². The van der Waals surface area contributed by atoms with Crippen molar-refractivity contribution in [2.45, 2.75) is 0 Å². The van der Waals surface area contributed by atoms with Crippen molar-refractivity contribution in [3.8, 4) is 19.9 Å². The fraction of sp³-hybridized carbons (Fsp3) is 0. The molecule has 0 saturated carbocycles. The van der Waals surface area contributed by atoms with E-state index in [1.54, 1.807) is 0 Å². The Morgan fingerprint density at radius 3 is 0.818 bits per heavy atom. The van der Waals surface area contributed by atoms with Gasteiger partial charge in [-0.2, -0.15) is 0 Å². The van der Waals surface area contributed by atoms with Gasteiger partial charge < -0.3 is 0 Å². The van der Waals surface area contributed by atoms with Crippen molar-refractivity contribution >= 4 is 0 Å². The third kappa shape index (κ3) is 5.91. The summed E-state index contributed by atoms with van der Waals surface area (Å²) < 4.78 is 0. The maximum absolute atomic E-state index is 8.11. The van der Waals surface area contributed by atoms with E-state index < -0.39 is 12.8 Å². The molecule has 7 heteroatoms. The summed E-state index contributed by atoms with van der Waals surface area (Å²) in [6.07, 6.45) is 0. The minimum Gasteiger partial charge on any atom is 1.00 e. The van der Waals surface area contributed by atoms with Crippen LogP contribution in [0.5, 0.6) is 0 Å². The van der Waals surface area contributed by atoms with Gasteiger partial charge in [0, 0.05) is 0 Å². The molecule has 0 aliphatic heterocycles. The van der Waals surface area contributed by atoms with E-state index in [-0.39, 0.29) is 103 Å². The molecule has 0 atom stereocenters. The smallest absolute Gasteiger partial charge is 1.00 e. The van der Waals surface area contributed by atoms with Crippen molar-refractivity contribution in [3.05, 3.63) is 0 Å². The van der Waals surface area contributed by atoms with Crippen LogP contribution in [0.4, 0.5) is 0 Å². The topological polar surface area (TPSA) is 95.2 Å². The Bertz CT molecular complexity index is 213. The van der Waals surface area contributed by atoms with Crippen LogP contribution >= 0.6 is 0 Å². The number of nitriles is 4. The van der Waals surface area contributed by atoms with Crippen LogP contribution in [0.25, 0.3) is 0 Å². The molecule has 0 aromatic carbocycles. The maximum atomic E-state index is 8.11. The Morgan fingerprint density at radius 2 is 0.818 bits per heavy atom. The van der Waals surface area contributed by atoms with Gasteiger partial charge in [-0.3, -0.25) is 0 Å². The van der Waals surface area contributed by atoms with Crippen LogP contribution in [-0.4, -0.2) is 0 Å². The molecule has 0 radical (unpaired) electrons. The molecule has 0 unspecified atom stereocenters. The Kier molecular flexibility index (Phi) is 16.6. The molecule has 0 rings (SSSR count). The van der Waals surface area contributed by atoms with Crippen LogP contribution in [-0.2, 0) is 12.8 Å². The zero-order valence-electron chi connectivity index (χ0n) is 6.14. The van der Waals surface area contributed by atoms with Crippen molar-refractivity contribution in [2.24, 2.45) is 0 Å².